The van der Waals surface area contributed by atoms with Gasteiger partial charge < -0.3 is 25.8 Å². The molecule has 4 N–H and O–H groups in total. The van der Waals surface area contributed by atoms with Crippen molar-refractivity contribution in [1.29, 1.82) is 0 Å². The fourth-order valence-electron chi connectivity index (χ4n) is 0.743. The Kier molecular flexibility index (Phi) is 9.61. The summed E-state index contributed by atoms with van der Waals surface area (Å²) in [6, 6.07) is -0.529. The van der Waals surface area contributed by atoms with Crippen LogP contribution in [0.2, 0.25) is 0 Å². The second-order valence-corrected chi connectivity index (χ2v) is 2.62. The van der Waals surface area contributed by atoms with E-state index >= 15 is 0 Å². The summed E-state index contributed by atoms with van der Waals surface area (Å²) in [5.74, 6) is 0. The fraction of sp³-hybridized carbons (Fsp3) is 0.875. The molecule has 6 nitrogen and oxygen atoms in total. The molecule has 0 spiro atoms. The van der Waals surface area contributed by atoms with Crippen molar-refractivity contribution in [1.82, 2.24) is 10.6 Å². The predicted molar refractivity (Wildman–Crippen MR) is 53.2 cm³/mol. The van der Waals surface area contributed by atoms with Crippen LogP contribution in [-0.2, 0) is 9.47 Å². The lowest BCUT2D eigenvalue weighted by atomic mass is 10.6. The van der Waals surface area contributed by atoms with Crippen molar-refractivity contribution < 1.29 is 14.3 Å². The van der Waals surface area contributed by atoms with Crippen LogP contribution in [-0.4, -0.2) is 52.6 Å². The van der Waals surface area contributed by atoms with E-state index in [-0.39, 0.29) is 0 Å². The first-order valence-electron chi connectivity index (χ1n) is 4.60. The summed E-state index contributed by atoms with van der Waals surface area (Å²) in [4.78, 5) is 10.2. The van der Waals surface area contributed by atoms with Gasteiger partial charge in [0.15, 0.2) is 0 Å². The molecule has 0 fully saturated rings. The van der Waals surface area contributed by atoms with Crippen LogP contribution >= 0.6 is 0 Å². The molecule has 0 aromatic carbocycles. The van der Waals surface area contributed by atoms with Crippen molar-refractivity contribution in [2.24, 2.45) is 5.73 Å². The molecule has 0 aliphatic rings. The fourth-order valence-corrected chi connectivity index (χ4v) is 0.743. The summed E-state index contributed by atoms with van der Waals surface area (Å²) in [6.07, 6.45) is 0. The summed E-state index contributed by atoms with van der Waals surface area (Å²) in [6.45, 7) is 3.51. The molecule has 0 aliphatic heterocycles. The van der Waals surface area contributed by atoms with Crippen LogP contribution in [0.1, 0.15) is 0 Å². The Morgan fingerprint density at radius 2 is 1.71 bits per heavy atom. The van der Waals surface area contributed by atoms with Crippen LogP contribution in [0.5, 0.6) is 0 Å². The average Bonchev–Trinajstić information content (AvgIpc) is 2.15. The molecule has 0 saturated heterocycles. The largest absolute Gasteiger partial charge is 0.378 e. The van der Waals surface area contributed by atoms with E-state index in [2.05, 4.69) is 10.6 Å². The number of likely N-dealkylation sites (N-methyl/N-ethyl adjacent to an activating group) is 1. The first kappa shape index (κ1) is 13.2. The lowest BCUT2D eigenvalue weighted by Gasteiger charge is -2.05. The van der Waals surface area contributed by atoms with Gasteiger partial charge in [-0.25, -0.2) is 4.79 Å². The minimum Gasteiger partial charge on any atom is -0.378 e. The number of carbonyl (C=O) groups is 1. The van der Waals surface area contributed by atoms with Gasteiger partial charge in [-0.15, -0.1) is 0 Å². The van der Waals surface area contributed by atoms with Gasteiger partial charge in [0, 0.05) is 13.1 Å². The molecule has 2 amide bonds. The Hall–Kier alpha value is -0.850. The number of rotatable bonds is 9. The molecule has 0 saturated carbocycles. The number of hydrogen-bond acceptors (Lipinski definition) is 4. The Labute approximate surface area is 84.1 Å². The van der Waals surface area contributed by atoms with E-state index < -0.39 is 6.03 Å². The highest BCUT2D eigenvalue weighted by molar-refractivity contribution is 5.71. The molecular formula is C8H19N3O3. The SMILES string of the molecule is CNCCOCCOCCNC(N)=O. The normalized spacial score (nSPS) is 10.1. The topological polar surface area (TPSA) is 85.6 Å². The van der Waals surface area contributed by atoms with Gasteiger partial charge in [0.25, 0.3) is 0 Å². The molecule has 0 heterocycles. The standard InChI is InChI=1S/C8H19N3O3/c1-10-2-4-13-6-7-14-5-3-11-8(9)12/h10H,2-7H2,1H3,(H3,9,11,12). The first-order chi connectivity index (χ1) is 6.77. The molecule has 0 bridgehead atoms. The Morgan fingerprint density at radius 3 is 2.21 bits per heavy atom. The number of ether oxygens (including phenoxy) is 2. The summed E-state index contributed by atoms with van der Waals surface area (Å²) in [5.41, 5.74) is 4.85. The average molecular weight is 205 g/mol. The van der Waals surface area contributed by atoms with Crippen LogP contribution in [0.3, 0.4) is 0 Å². The van der Waals surface area contributed by atoms with Crippen LogP contribution < -0.4 is 16.4 Å². The zero-order valence-corrected chi connectivity index (χ0v) is 8.54. The molecule has 14 heavy (non-hydrogen) atoms. The third-order valence-electron chi connectivity index (χ3n) is 1.41. The maximum absolute atomic E-state index is 10.2. The van der Waals surface area contributed by atoms with Gasteiger partial charge in [-0.1, -0.05) is 0 Å². The number of primary amides is 1. The summed E-state index contributed by atoms with van der Waals surface area (Å²) in [5, 5.41) is 5.38. The third-order valence-corrected chi connectivity index (χ3v) is 1.41. The van der Waals surface area contributed by atoms with Crippen molar-refractivity contribution in [2.45, 2.75) is 0 Å². The van der Waals surface area contributed by atoms with Gasteiger partial charge in [-0.2, -0.15) is 0 Å². The van der Waals surface area contributed by atoms with Crippen molar-refractivity contribution in [2.75, 3.05) is 46.6 Å². The van der Waals surface area contributed by atoms with Crippen LogP contribution in [0.25, 0.3) is 0 Å². The summed E-state index contributed by atoms with van der Waals surface area (Å²) >= 11 is 0. The van der Waals surface area contributed by atoms with E-state index in [1.807, 2.05) is 7.05 Å². The van der Waals surface area contributed by atoms with E-state index in [0.29, 0.717) is 33.0 Å². The van der Waals surface area contributed by atoms with Gasteiger partial charge in [0.05, 0.1) is 26.4 Å². The molecule has 0 rings (SSSR count). The quantitative estimate of drug-likeness (QED) is 0.417. The van der Waals surface area contributed by atoms with Crippen molar-refractivity contribution in [3.8, 4) is 0 Å². The van der Waals surface area contributed by atoms with Gasteiger partial charge >= 0.3 is 6.03 Å². The van der Waals surface area contributed by atoms with E-state index in [1.165, 1.54) is 0 Å². The Bertz CT molecular complexity index is 144. The van der Waals surface area contributed by atoms with Crippen molar-refractivity contribution in [3.05, 3.63) is 0 Å². The number of nitrogens with two attached hydrogens (primary N) is 1. The molecule has 0 aliphatic carbocycles. The maximum Gasteiger partial charge on any atom is 0.312 e. The first-order valence-corrected chi connectivity index (χ1v) is 4.60. The van der Waals surface area contributed by atoms with E-state index in [1.54, 1.807) is 0 Å². The number of urea groups is 1. The van der Waals surface area contributed by atoms with Gasteiger partial charge in [0.1, 0.15) is 0 Å². The summed E-state index contributed by atoms with van der Waals surface area (Å²) in [7, 11) is 1.87. The van der Waals surface area contributed by atoms with Crippen molar-refractivity contribution in [3.63, 3.8) is 0 Å². The molecule has 84 valence electrons. The zero-order chi connectivity index (χ0) is 10.6. The van der Waals surface area contributed by atoms with Crippen LogP contribution in [0.15, 0.2) is 0 Å². The second-order valence-electron chi connectivity index (χ2n) is 2.62. The smallest absolute Gasteiger partial charge is 0.312 e. The molecule has 0 aromatic rings. The number of nitrogens with one attached hydrogen (secondary N) is 2. The predicted octanol–water partition coefficient (Wildman–Crippen LogP) is -1.09. The lowest BCUT2D eigenvalue weighted by molar-refractivity contribution is 0.0510. The Balaban J connectivity index is 2.88. The van der Waals surface area contributed by atoms with Crippen LogP contribution in [0, 0.1) is 0 Å². The van der Waals surface area contributed by atoms with Crippen LogP contribution in [0.4, 0.5) is 4.79 Å². The molecule has 6 heteroatoms. The minimum absolute atomic E-state index is 0.436. The highest BCUT2D eigenvalue weighted by Crippen LogP contribution is 1.77. The molecule has 0 atom stereocenters. The molecule has 0 aromatic heterocycles. The third kappa shape index (κ3) is 11.2. The van der Waals surface area contributed by atoms with E-state index in [0.717, 1.165) is 6.54 Å². The molecule has 0 unspecified atom stereocenters. The number of carbonyl (C=O) groups excluding carboxylic acids is 1. The summed E-state index contributed by atoms with van der Waals surface area (Å²) < 4.78 is 10.4. The van der Waals surface area contributed by atoms with E-state index in [9.17, 15) is 4.79 Å². The second kappa shape index (κ2) is 10.2. The van der Waals surface area contributed by atoms with Gasteiger partial charge in [0.2, 0.25) is 0 Å². The van der Waals surface area contributed by atoms with Gasteiger partial charge in [-0.05, 0) is 7.05 Å². The lowest BCUT2D eigenvalue weighted by Crippen LogP contribution is -2.32. The zero-order valence-electron chi connectivity index (χ0n) is 8.54. The monoisotopic (exact) mass is 205 g/mol. The van der Waals surface area contributed by atoms with E-state index in [4.69, 9.17) is 15.2 Å². The number of hydrogen-bond donors (Lipinski definition) is 3. The highest BCUT2D eigenvalue weighted by atomic mass is 16.5. The Morgan fingerprint density at radius 1 is 1.14 bits per heavy atom. The molecular weight excluding hydrogens is 186 g/mol. The highest BCUT2D eigenvalue weighted by Gasteiger charge is 1.91. The van der Waals surface area contributed by atoms with Crippen molar-refractivity contribution >= 4 is 6.03 Å². The number of amides is 2. The molecule has 0 radical (unpaired) electrons. The van der Waals surface area contributed by atoms with Gasteiger partial charge in [-0.3, -0.25) is 0 Å². The maximum atomic E-state index is 10.2. The minimum atomic E-state index is -0.529.